The molecule has 0 N–H and O–H groups in total. The molecule has 0 radical (unpaired) electrons. The fourth-order valence-electron chi connectivity index (χ4n) is 3.35. The molecule has 5 heterocycles. The second kappa shape index (κ2) is 6.31. The fraction of sp³-hybridized carbons (Fsp3) is 0.294. The Hall–Kier alpha value is -3.56. The average molecular weight is 363 g/mol. The molecule has 4 aromatic rings. The van der Waals surface area contributed by atoms with Crippen LogP contribution in [0.1, 0.15) is 17.4 Å². The smallest absolute Gasteiger partial charge is 0.316 e. The Morgan fingerprint density at radius 1 is 1.15 bits per heavy atom. The van der Waals surface area contributed by atoms with Gasteiger partial charge in [-0.1, -0.05) is 0 Å². The molecule has 1 aliphatic rings. The molecule has 1 aliphatic heterocycles. The van der Waals surface area contributed by atoms with Crippen LogP contribution in [0.5, 0.6) is 6.01 Å². The van der Waals surface area contributed by atoms with E-state index in [-0.39, 0.29) is 6.04 Å². The van der Waals surface area contributed by atoms with Crippen LogP contribution in [0.25, 0.3) is 5.78 Å². The molecule has 0 amide bonds. The first-order valence-electron chi connectivity index (χ1n) is 8.62. The molecule has 10 nitrogen and oxygen atoms in total. The second-order valence-corrected chi connectivity index (χ2v) is 6.37. The number of anilines is 1. The standard InChI is InChI=1S/C17H17N9O/c1-12-7-15(26-16(23-12)20-11-22-26)24-8-13-3-6-21-25(13)14(9-24)10-27-17-18-4-2-5-19-17/h2-7,11,14H,8-10H2,1H3/t14-/m1/s1. The molecular weight excluding hydrogens is 346 g/mol. The summed E-state index contributed by atoms with van der Waals surface area (Å²) in [5, 5.41) is 8.80. The summed E-state index contributed by atoms with van der Waals surface area (Å²) in [6.45, 7) is 3.80. The Bertz CT molecular complexity index is 1070. The lowest BCUT2D eigenvalue weighted by atomic mass is 10.2. The maximum atomic E-state index is 5.80. The Morgan fingerprint density at radius 2 is 2.04 bits per heavy atom. The summed E-state index contributed by atoms with van der Waals surface area (Å²) in [7, 11) is 0. The lowest BCUT2D eigenvalue weighted by molar-refractivity contribution is 0.214. The highest BCUT2D eigenvalue weighted by atomic mass is 16.5. The van der Waals surface area contributed by atoms with Crippen LogP contribution in [0.3, 0.4) is 0 Å². The van der Waals surface area contributed by atoms with Gasteiger partial charge in [0.25, 0.3) is 5.78 Å². The minimum Gasteiger partial charge on any atom is -0.461 e. The van der Waals surface area contributed by atoms with Gasteiger partial charge in [-0.15, -0.1) is 0 Å². The summed E-state index contributed by atoms with van der Waals surface area (Å²) in [6, 6.07) is 6.17. The van der Waals surface area contributed by atoms with Gasteiger partial charge in [-0.05, 0) is 19.1 Å². The lowest BCUT2D eigenvalue weighted by Gasteiger charge is -2.34. The lowest BCUT2D eigenvalue weighted by Crippen LogP contribution is -2.41. The molecule has 0 aromatic carbocycles. The molecule has 0 spiro atoms. The zero-order valence-corrected chi connectivity index (χ0v) is 14.7. The van der Waals surface area contributed by atoms with E-state index in [4.69, 9.17) is 4.74 Å². The van der Waals surface area contributed by atoms with Crippen molar-refractivity contribution in [3.8, 4) is 6.01 Å². The Kier molecular flexibility index (Phi) is 3.66. The van der Waals surface area contributed by atoms with Gasteiger partial charge in [0.1, 0.15) is 24.8 Å². The molecule has 0 unspecified atom stereocenters. The first kappa shape index (κ1) is 15.7. The van der Waals surface area contributed by atoms with Crippen LogP contribution in [0.4, 0.5) is 5.82 Å². The number of aromatic nitrogens is 8. The maximum Gasteiger partial charge on any atom is 0.316 e. The summed E-state index contributed by atoms with van der Waals surface area (Å²) in [4.78, 5) is 19.1. The van der Waals surface area contributed by atoms with Crippen LogP contribution in [0, 0.1) is 6.92 Å². The molecule has 0 saturated carbocycles. The Morgan fingerprint density at radius 3 is 2.93 bits per heavy atom. The molecule has 5 rings (SSSR count). The van der Waals surface area contributed by atoms with Crippen molar-refractivity contribution in [1.82, 2.24) is 39.3 Å². The largest absolute Gasteiger partial charge is 0.461 e. The van der Waals surface area contributed by atoms with Crippen LogP contribution in [-0.2, 0) is 6.54 Å². The third kappa shape index (κ3) is 2.84. The van der Waals surface area contributed by atoms with Crippen molar-refractivity contribution in [3.05, 3.63) is 54.5 Å². The predicted molar refractivity (Wildman–Crippen MR) is 95.4 cm³/mol. The number of hydrogen-bond acceptors (Lipinski definition) is 8. The number of ether oxygens (including phenoxy) is 1. The molecule has 0 aliphatic carbocycles. The van der Waals surface area contributed by atoms with Gasteiger partial charge in [-0.3, -0.25) is 4.68 Å². The Balaban J connectivity index is 1.46. The second-order valence-electron chi connectivity index (χ2n) is 6.37. The average Bonchev–Trinajstić information content (AvgIpc) is 3.35. The molecular formula is C17H17N9O. The van der Waals surface area contributed by atoms with Crippen LogP contribution in [-0.4, -0.2) is 52.5 Å². The van der Waals surface area contributed by atoms with Gasteiger partial charge >= 0.3 is 6.01 Å². The monoisotopic (exact) mass is 363 g/mol. The first-order chi connectivity index (χ1) is 13.3. The fourth-order valence-corrected chi connectivity index (χ4v) is 3.35. The van der Waals surface area contributed by atoms with Crippen molar-refractivity contribution >= 4 is 11.6 Å². The van der Waals surface area contributed by atoms with Crippen molar-refractivity contribution in [2.45, 2.75) is 19.5 Å². The summed E-state index contributed by atoms with van der Waals surface area (Å²) < 4.78 is 9.56. The van der Waals surface area contributed by atoms with Gasteiger partial charge in [0.2, 0.25) is 0 Å². The van der Waals surface area contributed by atoms with Crippen molar-refractivity contribution < 1.29 is 4.74 Å². The van der Waals surface area contributed by atoms with Crippen LogP contribution >= 0.6 is 0 Å². The van der Waals surface area contributed by atoms with E-state index >= 15 is 0 Å². The predicted octanol–water partition coefficient (Wildman–Crippen LogP) is 1.06. The Labute approximate surface area is 154 Å². The van der Waals surface area contributed by atoms with Crippen LogP contribution < -0.4 is 9.64 Å². The summed E-state index contributed by atoms with van der Waals surface area (Å²) >= 11 is 0. The van der Waals surface area contributed by atoms with E-state index < -0.39 is 0 Å². The zero-order valence-electron chi connectivity index (χ0n) is 14.7. The zero-order chi connectivity index (χ0) is 18.2. The molecule has 0 saturated heterocycles. The van der Waals surface area contributed by atoms with Crippen molar-refractivity contribution in [1.29, 1.82) is 0 Å². The van der Waals surface area contributed by atoms with Crippen LogP contribution in [0.15, 0.2) is 43.1 Å². The minimum atomic E-state index is 0.0135. The van der Waals surface area contributed by atoms with E-state index in [0.29, 0.717) is 24.9 Å². The maximum absolute atomic E-state index is 5.80. The highest BCUT2D eigenvalue weighted by Crippen LogP contribution is 2.26. The number of nitrogens with zero attached hydrogens (tertiary/aromatic N) is 9. The number of fused-ring (bicyclic) bond motifs is 2. The highest BCUT2D eigenvalue weighted by Gasteiger charge is 2.28. The number of rotatable bonds is 4. The van der Waals surface area contributed by atoms with E-state index in [9.17, 15) is 0 Å². The molecule has 27 heavy (non-hydrogen) atoms. The first-order valence-corrected chi connectivity index (χ1v) is 8.62. The van der Waals surface area contributed by atoms with E-state index in [2.05, 4.69) is 35.0 Å². The van der Waals surface area contributed by atoms with Gasteiger partial charge in [0, 0.05) is 36.9 Å². The van der Waals surface area contributed by atoms with Gasteiger partial charge in [-0.2, -0.15) is 19.7 Å². The van der Waals surface area contributed by atoms with E-state index in [1.54, 1.807) is 23.0 Å². The van der Waals surface area contributed by atoms with Gasteiger partial charge in [0.05, 0.1) is 12.2 Å². The number of aryl methyl sites for hydroxylation is 1. The normalized spacial score (nSPS) is 16.5. The summed E-state index contributed by atoms with van der Waals surface area (Å²) in [5.41, 5.74) is 2.00. The van der Waals surface area contributed by atoms with Gasteiger partial charge in [-0.25, -0.2) is 15.0 Å². The number of hydrogen-bond donors (Lipinski definition) is 0. The molecule has 1 atom stereocenters. The molecule has 10 heteroatoms. The third-order valence-corrected chi connectivity index (χ3v) is 4.51. The van der Waals surface area contributed by atoms with E-state index in [0.717, 1.165) is 23.8 Å². The summed E-state index contributed by atoms with van der Waals surface area (Å²) in [5.74, 6) is 1.54. The quantitative estimate of drug-likeness (QED) is 0.531. The highest BCUT2D eigenvalue weighted by molar-refractivity contribution is 5.48. The minimum absolute atomic E-state index is 0.0135. The van der Waals surface area contributed by atoms with E-state index in [1.807, 2.05) is 29.9 Å². The summed E-state index contributed by atoms with van der Waals surface area (Å²) in [6.07, 6.45) is 6.66. The topological polar surface area (TPSA) is 99.2 Å². The van der Waals surface area contributed by atoms with Gasteiger partial charge in [0.15, 0.2) is 0 Å². The third-order valence-electron chi connectivity index (χ3n) is 4.51. The van der Waals surface area contributed by atoms with Gasteiger partial charge < -0.3 is 9.64 Å². The van der Waals surface area contributed by atoms with Crippen molar-refractivity contribution in [3.63, 3.8) is 0 Å². The van der Waals surface area contributed by atoms with Crippen LogP contribution in [0.2, 0.25) is 0 Å². The molecule has 136 valence electrons. The molecule has 0 fully saturated rings. The van der Waals surface area contributed by atoms with Crippen molar-refractivity contribution in [2.24, 2.45) is 0 Å². The SMILES string of the molecule is Cc1cc(N2Cc3ccnn3[C@@H](COc3ncccn3)C2)n2ncnc2n1. The van der Waals surface area contributed by atoms with Crippen molar-refractivity contribution in [2.75, 3.05) is 18.1 Å². The molecule has 0 bridgehead atoms. The molecule has 4 aromatic heterocycles. The van der Waals surface area contributed by atoms with E-state index in [1.165, 1.54) is 6.33 Å².